The fraction of sp³-hybridized carbons (Fsp3) is 0.131. The van der Waals surface area contributed by atoms with E-state index < -0.39 is 15.8 Å². The number of alkyl halides is 1. The van der Waals surface area contributed by atoms with Crippen molar-refractivity contribution in [3.05, 3.63) is 341 Å². The molecule has 1 unspecified atom stereocenters. The average molecular weight is 1690 g/mol. The Morgan fingerprint density at radius 1 is 0.530 bits per heavy atom. The minimum absolute atomic E-state index is 0.0876. The third kappa shape index (κ3) is 32.6. The summed E-state index contributed by atoms with van der Waals surface area (Å²) in [5.41, 5.74) is 3.94. The Morgan fingerprint density at radius 3 is 1.30 bits per heavy atom. The van der Waals surface area contributed by atoms with E-state index in [1.54, 1.807) is 60.9 Å². The molecule has 1 saturated heterocycles. The van der Waals surface area contributed by atoms with Crippen LogP contribution in [0.1, 0.15) is 72.9 Å². The average Bonchev–Trinajstić information content (AvgIpc) is 0.830. The van der Waals surface area contributed by atoms with Crippen LogP contribution < -0.4 is 36.6 Å². The number of halogens is 5. The Balaban J connectivity index is 0.000000192. The molecule has 1 fully saturated rings. The summed E-state index contributed by atoms with van der Waals surface area (Å²) in [6.45, 7) is 4.63. The summed E-state index contributed by atoms with van der Waals surface area (Å²) in [6, 6.07) is 93.1. The molecule has 11 aromatic rings. The summed E-state index contributed by atoms with van der Waals surface area (Å²) in [7, 11) is 8.74. The number of pyridine rings is 2. The molecule has 0 aliphatic carbocycles. The van der Waals surface area contributed by atoms with Gasteiger partial charge in [0, 0.05) is 56.9 Å². The van der Waals surface area contributed by atoms with Crippen molar-refractivity contribution in [3.63, 3.8) is 0 Å². The smallest absolute Gasteiger partial charge is 0.0134 e. The molecule has 9 aromatic carbocycles. The van der Waals surface area contributed by atoms with Gasteiger partial charge < -0.3 is 24.4 Å². The first kappa shape index (κ1) is 81.0. The zero-order valence-electron chi connectivity index (χ0n) is 54.7. The number of nitrogens with zero attached hydrogens (tertiary/aromatic N) is 2. The maximum atomic E-state index is 10.6. The number of carbonyl (C=O) groups is 1. The van der Waals surface area contributed by atoms with Gasteiger partial charge in [0.2, 0.25) is 0 Å². The van der Waals surface area contributed by atoms with Gasteiger partial charge in [0.1, 0.15) is 27.5 Å². The first-order valence-electron chi connectivity index (χ1n) is 31.8. The van der Waals surface area contributed by atoms with Crippen LogP contribution in [0.15, 0.2) is 313 Å². The molecule has 2 aromatic heterocycles. The largest absolute Gasteiger partial charge is 0.0622 e. The predicted octanol–water partition coefficient (Wildman–Crippen LogP) is 19.4. The fourth-order valence-corrected chi connectivity index (χ4v) is 14.5. The van der Waals surface area contributed by atoms with Crippen molar-refractivity contribution in [2.45, 2.75) is 51.2 Å². The number of ether oxygens (including phenoxy) is 3. The van der Waals surface area contributed by atoms with Crippen molar-refractivity contribution in [2.75, 3.05) is 18.5 Å². The monoisotopic (exact) mass is 1680 g/mol. The van der Waals surface area contributed by atoms with Crippen LogP contribution in [-0.4, -0.2) is 51.0 Å². The van der Waals surface area contributed by atoms with Crippen LogP contribution in [0.25, 0.3) is 0 Å². The minimum Gasteiger partial charge on any atom is -0.0622 e. The Kier molecular flexibility index (Phi) is 40.2. The summed E-state index contributed by atoms with van der Waals surface area (Å²) in [4.78, 5) is 18.8. The number of hydrogen-bond donors (Lipinski definition) is 2. The van der Waals surface area contributed by atoms with Crippen molar-refractivity contribution < 1.29 is 45.2 Å². The van der Waals surface area contributed by atoms with Crippen LogP contribution in [0, 0.1) is 36.0 Å². The second kappa shape index (κ2) is 49.6. The maximum Gasteiger partial charge on any atom is -0.0134 e. The number of terminal acetylenes is 1. The van der Waals surface area contributed by atoms with E-state index in [-0.39, 0.29) is 39.7 Å². The normalized spacial score (nSPS) is 11.4. The Labute approximate surface area is 634 Å². The van der Waals surface area contributed by atoms with Gasteiger partial charge in [-0.3, -0.25) is 0 Å². The van der Waals surface area contributed by atoms with Crippen LogP contribution in [0.5, 0.6) is 17.2 Å². The van der Waals surface area contributed by atoms with Crippen LogP contribution in [0.4, 0.5) is 0 Å². The standard InChI is InChI=1S/C21H13NO2.2C18H15P.C13H14O2.C9H15BrO2.C5H3Br2N.2ClH.Pd/c23-20-11-5-16(6-12-20)1-2-18-4-10-19(22-15-18)9-3-17-7-13-21(24)14-8-17;2*1-4-10-16(11-5-1)19(17-12-6-2-7-13-17)18-14-8-3-9-15-18;1-2-11-6-8-12(9-7-11)15-13-5-3-4-10-14-13;1-2-9(11)12-8-6-4-3-5-7-10;6-4-1-2-5(7)8-3-4;;;/h4-8,10-15,23-24H;2*1-15H;1,6-9,13H,3-5,10H2;2H,1,3-8H2;1-3H;2*1H;/q;;;;;;;;+2/p-2. The van der Waals surface area contributed by atoms with Crippen molar-refractivity contribution in [1.82, 2.24) is 9.97 Å². The van der Waals surface area contributed by atoms with Crippen LogP contribution in [0.2, 0.25) is 0 Å². The zero-order chi connectivity index (χ0) is 71.0. The molecule has 0 amide bonds. The van der Waals surface area contributed by atoms with E-state index in [0.717, 1.165) is 74.7 Å². The van der Waals surface area contributed by atoms with Gasteiger partial charge in [0.25, 0.3) is 0 Å². The van der Waals surface area contributed by atoms with Crippen molar-refractivity contribution in [1.29, 1.82) is 0 Å². The van der Waals surface area contributed by atoms with Crippen molar-refractivity contribution >= 4 is 120 Å². The van der Waals surface area contributed by atoms with Crippen LogP contribution in [-0.2, 0) is 30.2 Å². The number of rotatable bonds is 15. The second-order valence-electron chi connectivity index (χ2n) is 21.1. The van der Waals surface area contributed by atoms with Gasteiger partial charge in [0.05, 0.1) is 13.2 Å². The summed E-state index contributed by atoms with van der Waals surface area (Å²) in [6.07, 6.45) is 17.5. The van der Waals surface area contributed by atoms with E-state index in [1.165, 1.54) is 57.2 Å². The number of carbonyl (C=O) groups excluding carboxylic acids is 1. The van der Waals surface area contributed by atoms with Crippen LogP contribution >= 0.6 is 82.7 Å². The van der Waals surface area contributed by atoms with Gasteiger partial charge in [-0.2, -0.15) is 0 Å². The molecule has 8 nitrogen and oxygen atoms in total. The molecule has 0 saturated carbocycles. The van der Waals surface area contributed by atoms with Gasteiger partial charge in [-0.25, -0.2) is 14.8 Å². The molecule has 1 aliphatic heterocycles. The molecule has 100 heavy (non-hydrogen) atoms. The number of aromatic hydroxyl groups is 2. The van der Waals surface area contributed by atoms with Gasteiger partial charge in [0.15, 0.2) is 6.29 Å². The molecule has 512 valence electrons. The predicted molar refractivity (Wildman–Crippen MR) is 426 cm³/mol. The SMILES string of the molecule is Brc1ccc(Br)nc1.C#Cc1ccc(OC2CCCCO2)cc1.C=CC(=O)OCCCCCCBr.Oc1ccc(C#Cc2ccc(C#Cc3ccc(O)cc3)nc2)cc1.[Cl][Pd][Cl].c1ccc(P(c2ccccc2)c2ccccc2)cc1.c1ccc(P(c2ccccc2)c2ccccc2)cc1. The first-order chi connectivity index (χ1) is 49.0. The Morgan fingerprint density at radius 2 is 0.940 bits per heavy atom. The Hall–Kier alpha value is -7.93. The number of benzene rings is 9. The molecule has 0 bridgehead atoms. The minimum atomic E-state index is -0.446. The van der Waals surface area contributed by atoms with Gasteiger partial charge in [-0.1, -0.05) is 241 Å². The maximum absolute atomic E-state index is 10.6. The third-order valence-electron chi connectivity index (χ3n) is 13.8. The molecule has 0 spiro atoms. The molecule has 12 rings (SSSR count). The number of hydrogen-bond acceptors (Lipinski definition) is 8. The van der Waals surface area contributed by atoms with Gasteiger partial charge in [-0.05, 0) is 208 Å². The molecule has 1 aliphatic rings. The second-order valence-corrected chi connectivity index (χ2v) is 30.4. The number of aromatic nitrogens is 2. The molecule has 16 heteroatoms. The summed E-state index contributed by atoms with van der Waals surface area (Å²) in [5, 5.41) is 27.9. The van der Waals surface area contributed by atoms with Gasteiger partial charge in [-0.15, -0.1) is 6.42 Å². The first-order valence-corrected chi connectivity index (χ1v) is 41.2. The molecular weight excluding hydrogens is 1610 g/mol. The van der Waals surface area contributed by atoms with Crippen LogP contribution in [0.3, 0.4) is 0 Å². The third-order valence-corrected chi connectivity index (χ3v) is 20.2. The molecule has 1 atom stereocenters. The van der Waals surface area contributed by atoms with Crippen molar-refractivity contribution in [2.24, 2.45) is 0 Å². The summed E-state index contributed by atoms with van der Waals surface area (Å²) >= 11 is 9.72. The van der Waals surface area contributed by atoms with Gasteiger partial charge >= 0.3 is 41.0 Å². The zero-order valence-corrected chi connectivity index (χ0v) is 64.4. The number of esters is 1. The molecule has 0 radical (unpaired) electrons. The molecule has 2 N–H and O–H groups in total. The summed E-state index contributed by atoms with van der Waals surface area (Å²) < 4.78 is 17.8. The van der Waals surface area contributed by atoms with Crippen molar-refractivity contribution in [3.8, 4) is 53.3 Å². The van der Waals surface area contributed by atoms with E-state index >= 15 is 0 Å². The number of phenolic OH excluding ortho intramolecular Hbond substituents is 2. The Bertz CT molecular complexity index is 3800. The molecule has 3 heterocycles. The number of phenols is 2. The number of unbranched alkanes of at least 4 members (excludes halogenated alkanes) is 3. The quantitative estimate of drug-likeness (QED) is 0.0153. The van der Waals surface area contributed by atoms with E-state index in [1.807, 2.05) is 48.5 Å². The molecular formula is C84H75Br3Cl2N2O6P2Pd. The van der Waals surface area contributed by atoms with E-state index in [9.17, 15) is 15.0 Å². The fourth-order valence-electron chi connectivity index (χ4n) is 8.99. The summed E-state index contributed by atoms with van der Waals surface area (Å²) in [5.74, 6) is 15.5. The van der Waals surface area contributed by atoms with E-state index in [4.69, 9.17) is 39.7 Å². The van der Waals surface area contributed by atoms with E-state index in [2.05, 4.69) is 276 Å². The van der Waals surface area contributed by atoms with E-state index in [0.29, 0.717) is 12.3 Å². The topological polar surface area (TPSA) is 111 Å².